The fourth-order valence-electron chi connectivity index (χ4n) is 5.26. The SMILES string of the molecule is C=CC(=O)OCc1c(Sc2ccc3ccccc3c2)cc(Sc2ccc3ccccc3c2)cc1Sc1ccc2ccccc2c1. The van der Waals surface area contributed by atoms with E-state index in [2.05, 4.69) is 146 Å². The first-order valence-electron chi connectivity index (χ1n) is 14.6. The third-order valence-electron chi connectivity index (χ3n) is 7.52. The molecule has 7 rings (SSSR count). The van der Waals surface area contributed by atoms with Crippen LogP contribution in [0.2, 0.25) is 0 Å². The van der Waals surface area contributed by atoms with Gasteiger partial charge in [-0.15, -0.1) is 0 Å². The molecule has 0 aromatic heterocycles. The van der Waals surface area contributed by atoms with Gasteiger partial charge in [-0.1, -0.05) is 133 Å². The van der Waals surface area contributed by atoms with Gasteiger partial charge in [-0.2, -0.15) is 0 Å². The summed E-state index contributed by atoms with van der Waals surface area (Å²) >= 11 is 5.14. The Morgan fingerprint density at radius 3 is 1.33 bits per heavy atom. The van der Waals surface area contributed by atoms with E-state index in [9.17, 15) is 4.79 Å². The molecule has 2 nitrogen and oxygen atoms in total. The molecule has 0 saturated heterocycles. The van der Waals surface area contributed by atoms with Gasteiger partial charge >= 0.3 is 5.97 Å². The molecule has 0 aliphatic carbocycles. The Hall–Kier alpha value is -4.42. The first-order chi connectivity index (χ1) is 22.1. The number of hydrogen-bond acceptors (Lipinski definition) is 5. The molecule has 5 heteroatoms. The van der Waals surface area contributed by atoms with E-state index in [-0.39, 0.29) is 6.61 Å². The number of carbonyl (C=O) groups is 1. The lowest BCUT2D eigenvalue weighted by molar-refractivity contribution is -0.139. The molecule has 7 aromatic carbocycles. The highest BCUT2D eigenvalue weighted by Gasteiger charge is 2.17. The van der Waals surface area contributed by atoms with E-state index >= 15 is 0 Å². The van der Waals surface area contributed by atoms with Crippen molar-refractivity contribution in [2.45, 2.75) is 36.0 Å². The molecule has 45 heavy (non-hydrogen) atoms. The number of carbonyl (C=O) groups excluding carboxylic acids is 1. The Balaban J connectivity index is 1.33. The van der Waals surface area contributed by atoms with Crippen LogP contribution in [0.25, 0.3) is 32.3 Å². The summed E-state index contributed by atoms with van der Waals surface area (Å²) in [6, 6.07) is 49.3. The molecule has 0 unspecified atom stereocenters. The van der Waals surface area contributed by atoms with E-state index in [4.69, 9.17) is 4.74 Å². The van der Waals surface area contributed by atoms with Gasteiger partial charge in [-0.3, -0.25) is 0 Å². The van der Waals surface area contributed by atoms with Crippen LogP contribution in [-0.4, -0.2) is 5.97 Å². The predicted molar refractivity (Wildman–Crippen MR) is 191 cm³/mol. The Morgan fingerprint density at radius 1 is 0.511 bits per heavy atom. The molecule has 0 saturated carbocycles. The molecule has 218 valence electrons. The van der Waals surface area contributed by atoms with Gasteiger partial charge in [0, 0.05) is 41.0 Å². The van der Waals surface area contributed by atoms with E-state index in [0.29, 0.717) is 0 Å². The molecule has 0 heterocycles. The maximum absolute atomic E-state index is 12.3. The van der Waals surface area contributed by atoms with Gasteiger partial charge in [0.25, 0.3) is 0 Å². The Labute approximate surface area is 275 Å². The maximum Gasteiger partial charge on any atom is 0.330 e. The molecule has 0 aliphatic rings. The van der Waals surface area contributed by atoms with Crippen molar-refractivity contribution >= 4 is 73.6 Å². The van der Waals surface area contributed by atoms with Gasteiger partial charge in [0.15, 0.2) is 0 Å². The molecular weight excluding hydrogens is 609 g/mol. The van der Waals surface area contributed by atoms with Crippen molar-refractivity contribution in [3.63, 3.8) is 0 Å². The largest absolute Gasteiger partial charge is 0.458 e. The monoisotopic (exact) mass is 636 g/mol. The van der Waals surface area contributed by atoms with E-state index in [1.807, 2.05) is 0 Å². The zero-order valence-electron chi connectivity index (χ0n) is 24.3. The summed E-state index contributed by atoms with van der Waals surface area (Å²) in [5.74, 6) is -0.437. The maximum atomic E-state index is 12.3. The third-order valence-corrected chi connectivity index (χ3v) is 10.6. The summed E-state index contributed by atoms with van der Waals surface area (Å²) < 4.78 is 5.69. The van der Waals surface area contributed by atoms with Gasteiger partial charge in [0.1, 0.15) is 6.61 Å². The van der Waals surface area contributed by atoms with Crippen molar-refractivity contribution in [1.29, 1.82) is 0 Å². The quantitative estimate of drug-likeness (QED) is 0.116. The van der Waals surface area contributed by atoms with Crippen LogP contribution in [0.4, 0.5) is 0 Å². The van der Waals surface area contributed by atoms with Gasteiger partial charge < -0.3 is 4.74 Å². The van der Waals surface area contributed by atoms with Gasteiger partial charge in [0.05, 0.1) is 0 Å². The Morgan fingerprint density at radius 2 is 0.911 bits per heavy atom. The number of benzene rings is 7. The molecule has 0 bridgehead atoms. The molecule has 0 radical (unpaired) electrons. The van der Waals surface area contributed by atoms with Gasteiger partial charge in [-0.05, 0) is 80.8 Å². The van der Waals surface area contributed by atoms with Crippen LogP contribution in [0.3, 0.4) is 0 Å². The van der Waals surface area contributed by atoms with Crippen LogP contribution >= 0.6 is 35.3 Å². The van der Waals surface area contributed by atoms with Gasteiger partial charge in [0.2, 0.25) is 0 Å². The average molecular weight is 637 g/mol. The topological polar surface area (TPSA) is 26.3 Å². The first kappa shape index (κ1) is 29.3. The predicted octanol–water partition coefficient (Wildman–Crippen LogP) is 11.8. The highest BCUT2D eigenvalue weighted by molar-refractivity contribution is 8.01. The van der Waals surface area contributed by atoms with Crippen LogP contribution in [0, 0.1) is 0 Å². The summed E-state index contributed by atoms with van der Waals surface area (Å²) in [7, 11) is 0. The second-order valence-electron chi connectivity index (χ2n) is 10.5. The second kappa shape index (κ2) is 13.3. The molecule has 0 spiro atoms. The van der Waals surface area contributed by atoms with Crippen molar-refractivity contribution in [2.75, 3.05) is 0 Å². The van der Waals surface area contributed by atoms with Crippen LogP contribution in [0.15, 0.2) is 182 Å². The van der Waals surface area contributed by atoms with Crippen molar-refractivity contribution < 1.29 is 9.53 Å². The minimum absolute atomic E-state index is 0.150. The fraction of sp³-hybridized carbons (Fsp3) is 0.0250. The third kappa shape index (κ3) is 6.81. The average Bonchev–Trinajstić information content (AvgIpc) is 3.07. The minimum Gasteiger partial charge on any atom is -0.458 e. The summed E-state index contributed by atoms with van der Waals surface area (Å²) in [6.45, 7) is 3.76. The van der Waals surface area contributed by atoms with E-state index in [1.54, 1.807) is 35.3 Å². The molecular formula is C40H28O2S3. The van der Waals surface area contributed by atoms with Crippen LogP contribution in [0.1, 0.15) is 5.56 Å². The zero-order chi connectivity index (χ0) is 30.6. The number of esters is 1. The van der Waals surface area contributed by atoms with E-state index in [1.165, 1.54) is 43.3 Å². The lowest BCUT2D eigenvalue weighted by Gasteiger charge is -2.17. The number of ether oxygens (including phenoxy) is 1. The summed E-state index contributed by atoms with van der Waals surface area (Å²) in [5, 5.41) is 7.22. The highest BCUT2D eigenvalue weighted by Crippen LogP contribution is 2.44. The lowest BCUT2D eigenvalue weighted by atomic mass is 10.1. The Kier molecular flexibility index (Phi) is 8.65. The minimum atomic E-state index is -0.437. The molecule has 0 fully saturated rings. The summed E-state index contributed by atoms with van der Waals surface area (Å²) in [6.07, 6.45) is 1.22. The Bertz CT molecular complexity index is 2100. The van der Waals surface area contributed by atoms with Crippen LogP contribution in [0.5, 0.6) is 0 Å². The molecule has 0 atom stereocenters. The normalized spacial score (nSPS) is 11.2. The molecule has 0 N–H and O–H groups in total. The highest BCUT2D eigenvalue weighted by atomic mass is 32.2. The van der Waals surface area contributed by atoms with Crippen LogP contribution < -0.4 is 0 Å². The first-order valence-corrected chi connectivity index (χ1v) is 17.0. The number of rotatable bonds is 9. The van der Waals surface area contributed by atoms with Crippen molar-refractivity contribution in [2.24, 2.45) is 0 Å². The van der Waals surface area contributed by atoms with Gasteiger partial charge in [-0.25, -0.2) is 4.79 Å². The summed E-state index contributed by atoms with van der Waals surface area (Å²) in [4.78, 5) is 18.9. The zero-order valence-corrected chi connectivity index (χ0v) is 26.8. The number of fused-ring (bicyclic) bond motifs is 3. The van der Waals surface area contributed by atoms with E-state index in [0.717, 1.165) is 30.0 Å². The van der Waals surface area contributed by atoms with Crippen molar-refractivity contribution in [3.05, 3.63) is 158 Å². The fourth-order valence-corrected chi connectivity index (χ4v) is 8.53. The molecule has 7 aromatic rings. The molecule has 0 aliphatic heterocycles. The van der Waals surface area contributed by atoms with Crippen molar-refractivity contribution in [1.82, 2.24) is 0 Å². The van der Waals surface area contributed by atoms with Crippen LogP contribution in [-0.2, 0) is 16.1 Å². The molecule has 0 amide bonds. The lowest BCUT2D eigenvalue weighted by Crippen LogP contribution is -2.03. The summed E-state index contributed by atoms with van der Waals surface area (Å²) in [5.41, 5.74) is 0.976. The smallest absolute Gasteiger partial charge is 0.330 e. The number of hydrogen-bond donors (Lipinski definition) is 0. The van der Waals surface area contributed by atoms with E-state index < -0.39 is 5.97 Å². The van der Waals surface area contributed by atoms with Crippen molar-refractivity contribution in [3.8, 4) is 0 Å². The second-order valence-corrected chi connectivity index (χ2v) is 13.9. The standard InChI is InChI=1S/C40H28O2S3/c1-2-40(41)42-26-37-38(44-34-19-16-28-10-4-7-13-31(28)22-34)24-36(43-33-18-15-27-9-3-6-12-30(27)21-33)25-39(37)45-35-20-17-29-11-5-8-14-32(29)23-35/h2-25H,1,26H2.